The Balaban J connectivity index is 2.04. The van der Waals surface area contributed by atoms with E-state index in [1.165, 1.54) is 12.8 Å². The lowest BCUT2D eigenvalue weighted by molar-refractivity contribution is 0.299. The van der Waals surface area contributed by atoms with Crippen molar-refractivity contribution in [3.05, 3.63) is 23.2 Å². The highest BCUT2D eigenvalue weighted by molar-refractivity contribution is 6.32. The van der Waals surface area contributed by atoms with Crippen molar-refractivity contribution in [3.63, 3.8) is 0 Å². The van der Waals surface area contributed by atoms with Crippen LogP contribution in [-0.4, -0.2) is 11.8 Å². The van der Waals surface area contributed by atoms with Crippen LogP contribution >= 0.6 is 11.6 Å². The van der Waals surface area contributed by atoms with Crippen LogP contribution in [0.2, 0.25) is 5.02 Å². The fraction of sp³-hybridized carbons (Fsp3) is 0.400. The maximum Gasteiger partial charge on any atom is 0.140 e. The number of ether oxygens (including phenoxy) is 1. The van der Waals surface area contributed by atoms with Crippen LogP contribution in [0.4, 0.5) is 5.69 Å². The van der Waals surface area contributed by atoms with Crippen molar-refractivity contribution in [2.45, 2.75) is 12.8 Å². The lowest BCUT2D eigenvalue weighted by atomic mass is 10.3. The molecule has 0 amide bonds. The van der Waals surface area contributed by atoms with Crippen molar-refractivity contribution in [3.8, 4) is 5.75 Å². The quantitative estimate of drug-likeness (QED) is 0.756. The Hall–Kier alpha value is -0.930. The van der Waals surface area contributed by atoms with Crippen LogP contribution in [0, 0.1) is 5.92 Å². The predicted molar refractivity (Wildman–Crippen MR) is 55.1 cm³/mol. The smallest absolute Gasteiger partial charge is 0.140 e. The summed E-state index contributed by atoms with van der Waals surface area (Å²) in [6.45, 7) is 0.717. The van der Waals surface area contributed by atoms with Crippen molar-refractivity contribution in [1.29, 1.82) is 0 Å². The fourth-order valence-corrected chi connectivity index (χ4v) is 1.35. The Bertz CT molecular complexity index is 326. The molecule has 0 radical (unpaired) electrons. The van der Waals surface area contributed by atoms with Gasteiger partial charge in [-0.15, -0.1) is 0 Å². The normalized spacial score (nSPS) is 15.3. The molecule has 1 aromatic carbocycles. The highest BCUT2D eigenvalue weighted by atomic mass is 35.5. The molecule has 1 aromatic rings. The van der Waals surface area contributed by atoms with Crippen molar-refractivity contribution in [1.82, 2.24) is 0 Å². The Morgan fingerprint density at radius 2 is 2.29 bits per heavy atom. The lowest BCUT2D eigenvalue weighted by Crippen LogP contribution is -2.00. The summed E-state index contributed by atoms with van der Waals surface area (Å²) < 4.78 is 5.52. The molecule has 2 N–H and O–H groups in total. The molecule has 0 atom stereocenters. The van der Waals surface area contributed by atoms with Gasteiger partial charge in [-0.3, -0.25) is 10.7 Å². The summed E-state index contributed by atoms with van der Waals surface area (Å²) in [4.78, 5) is 0. The summed E-state index contributed by atoms with van der Waals surface area (Å²) in [5.74, 6) is 1.31. The molecular formula is C10H12ClNO2. The fourth-order valence-electron chi connectivity index (χ4n) is 1.18. The average Bonchev–Trinajstić information content (AvgIpc) is 3.00. The third-order valence-electron chi connectivity index (χ3n) is 2.23. The van der Waals surface area contributed by atoms with Gasteiger partial charge in [0.05, 0.1) is 17.3 Å². The summed E-state index contributed by atoms with van der Waals surface area (Å²) in [5, 5.41) is 9.27. The molecule has 76 valence electrons. The second kappa shape index (κ2) is 4.07. The number of anilines is 1. The SMILES string of the molecule is ONc1ccc(Cl)c(OCC2CC2)c1. The van der Waals surface area contributed by atoms with Crippen molar-refractivity contribution in [2.75, 3.05) is 12.1 Å². The first-order valence-corrected chi connectivity index (χ1v) is 5.00. The van der Waals surface area contributed by atoms with Gasteiger partial charge in [0.15, 0.2) is 0 Å². The third kappa shape index (κ3) is 2.30. The van der Waals surface area contributed by atoms with Crippen LogP contribution in [0.25, 0.3) is 0 Å². The van der Waals surface area contributed by atoms with Crippen LogP contribution in [0.15, 0.2) is 18.2 Å². The Morgan fingerprint density at radius 1 is 1.50 bits per heavy atom. The summed E-state index contributed by atoms with van der Waals surface area (Å²) >= 11 is 5.92. The van der Waals surface area contributed by atoms with Crippen LogP contribution in [0.3, 0.4) is 0 Å². The maximum absolute atomic E-state index is 8.69. The standard InChI is InChI=1S/C10H12ClNO2/c11-9-4-3-8(12-13)5-10(9)14-6-7-1-2-7/h3-5,7,12-13H,1-2,6H2. The number of hydrogen-bond acceptors (Lipinski definition) is 3. The van der Waals surface area contributed by atoms with Crippen LogP contribution in [0.5, 0.6) is 5.75 Å². The van der Waals surface area contributed by atoms with Crippen molar-refractivity contribution >= 4 is 17.3 Å². The molecule has 1 fully saturated rings. The van der Waals surface area contributed by atoms with Gasteiger partial charge >= 0.3 is 0 Å². The minimum atomic E-state index is 0.574. The van der Waals surface area contributed by atoms with Gasteiger partial charge in [-0.1, -0.05) is 11.6 Å². The van der Waals surface area contributed by atoms with E-state index in [9.17, 15) is 0 Å². The van der Waals surface area contributed by atoms with Gasteiger partial charge in [0.1, 0.15) is 5.75 Å². The Kier molecular flexibility index (Phi) is 2.79. The number of nitrogens with one attached hydrogen (secondary N) is 1. The zero-order chi connectivity index (χ0) is 9.97. The molecule has 0 heterocycles. The average molecular weight is 214 g/mol. The van der Waals surface area contributed by atoms with Crippen LogP contribution in [-0.2, 0) is 0 Å². The van der Waals surface area contributed by atoms with E-state index >= 15 is 0 Å². The van der Waals surface area contributed by atoms with Crippen molar-refractivity contribution < 1.29 is 9.94 Å². The maximum atomic E-state index is 8.69. The first-order chi connectivity index (χ1) is 6.79. The second-order valence-corrected chi connectivity index (χ2v) is 3.92. The van der Waals surface area contributed by atoms with E-state index in [0.29, 0.717) is 29.0 Å². The van der Waals surface area contributed by atoms with Gasteiger partial charge in [-0.25, -0.2) is 0 Å². The highest BCUT2D eigenvalue weighted by Gasteiger charge is 2.22. The predicted octanol–water partition coefficient (Wildman–Crippen LogP) is 2.93. The zero-order valence-electron chi connectivity index (χ0n) is 7.66. The van der Waals surface area contributed by atoms with Crippen molar-refractivity contribution in [2.24, 2.45) is 5.92 Å². The first kappa shape index (κ1) is 9.62. The molecule has 0 bridgehead atoms. The summed E-state index contributed by atoms with van der Waals surface area (Å²) in [6, 6.07) is 5.07. The molecule has 0 unspecified atom stereocenters. The minimum absolute atomic E-state index is 0.574. The van der Waals surface area contributed by atoms with Gasteiger partial charge in [0.2, 0.25) is 0 Å². The van der Waals surface area contributed by atoms with E-state index in [2.05, 4.69) is 5.48 Å². The van der Waals surface area contributed by atoms with Crippen LogP contribution < -0.4 is 10.2 Å². The van der Waals surface area contributed by atoms with Gasteiger partial charge in [-0.2, -0.15) is 0 Å². The molecule has 14 heavy (non-hydrogen) atoms. The molecule has 0 aliphatic heterocycles. The molecule has 0 spiro atoms. The van der Waals surface area contributed by atoms with E-state index in [1.54, 1.807) is 18.2 Å². The molecule has 0 saturated heterocycles. The summed E-state index contributed by atoms with van der Waals surface area (Å²) in [5.41, 5.74) is 2.64. The molecule has 1 aliphatic rings. The minimum Gasteiger partial charge on any atom is -0.492 e. The first-order valence-electron chi connectivity index (χ1n) is 4.62. The molecule has 1 aliphatic carbocycles. The number of hydrogen-bond donors (Lipinski definition) is 2. The lowest BCUT2D eigenvalue weighted by Gasteiger charge is -2.08. The molecule has 4 heteroatoms. The van der Waals surface area contributed by atoms with E-state index in [1.807, 2.05) is 0 Å². The van der Waals surface area contributed by atoms with E-state index in [4.69, 9.17) is 21.5 Å². The van der Waals surface area contributed by atoms with Gasteiger partial charge in [0, 0.05) is 6.07 Å². The zero-order valence-corrected chi connectivity index (χ0v) is 8.42. The summed E-state index contributed by atoms with van der Waals surface area (Å²) in [6.07, 6.45) is 2.49. The number of rotatable bonds is 4. The van der Waals surface area contributed by atoms with Gasteiger partial charge < -0.3 is 4.74 Å². The van der Waals surface area contributed by atoms with Crippen LogP contribution in [0.1, 0.15) is 12.8 Å². The topological polar surface area (TPSA) is 41.5 Å². The molecule has 2 rings (SSSR count). The Labute approximate surface area is 87.6 Å². The van der Waals surface area contributed by atoms with E-state index < -0.39 is 0 Å². The summed E-state index contributed by atoms with van der Waals surface area (Å²) in [7, 11) is 0. The number of benzene rings is 1. The largest absolute Gasteiger partial charge is 0.492 e. The second-order valence-electron chi connectivity index (χ2n) is 3.51. The highest BCUT2D eigenvalue weighted by Crippen LogP contribution is 2.32. The third-order valence-corrected chi connectivity index (χ3v) is 2.54. The molecular weight excluding hydrogens is 202 g/mol. The van der Waals surface area contributed by atoms with Gasteiger partial charge in [0.25, 0.3) is 0 Å². The van der Waals surface area contributed by atoms with E-state index in [-0.39, 0.29) is 0 Å². The molecule has 3 nitrogen and oxygen atoms in total. The van der Waals surface area contributed by atoms with Gasteiger partial charge in [-0.05, 0) is 30.9 Å². The molecule has 0 aromatic heterocycles. The molecule has 1 saturated carbocycles. The number of halogens is 1. The Morgan fingerprint density at radius 3 is 2.93 bits per heavy atom. The van der Waals surface area contributed by atoms with E-state index in [0.717, 1.165) is 0 Å². The monoisotopic (exact) mass is 213 g/mol.